The molecule has 25 heavy (non-hydrogen) atoms. The van der Waals surface area contributed by atoms with Gasteiger partial charge in [-0.15, -0.1) is 11.3 Å². The van der Waals surface area contributed by atoms with Crippen molar-refractivity contribution in [3.63, 3.8) is 0 Å². The molecular weight excluding hydrogens is 420 g/mol. The molecule has 0 radical (unpaired) electrons. The van der Waals surface area contributed by atoms with Crippen molar-refractivity contribution >= 4 is 44.8 Å². The molecule has 1 N–H and O–H groups in total. The molecule has 3 nitrogen and oxygen atoms in total. The summed E-state index contributed by atoms with van der Waals surface area (Å²) in [6.45, 7) is 2.43. The third kappa shape index (κ3) is 4.69. The van der Waals surface area contributed by atoms with Crippen LogP contribution < -0.4 is 5.32 Å². The second kappa shape index (κ2) is 8.13. The van der Waals surface area contributed by atoms with Gasteiger partial charge in [-0.1, -0.05) is 57.9 Å². The summed E-state index contributed by atoms with van der Waals surface area (Å²) in [6.07, 6.45) is 0.364. The van der Waals surface area contributed by atoms with Crippen LogP contribution in [0.25, 0.3) is 10.6 Å². The number of aromatic nitrogens is 1. The van der Waals surface area contributed by atoms with E-state index in [0.29, 0.717) is 18.0 Å². The number of amides is 1. The second-order valence-electron chi connectivity index (χ2n) is 5.59. The van der Waals surface area contributed by atoms with Crippen molar-refractivity contribution in [2.24, 2.45) is 0 Å². The van der Waals surface area contributed by atoms with Gasteiger partial charge >= 0.3 is 0 Å². The predicted molar refractivity (Wildman–Crippen MR) is 107 cm³/mol. The van der Waals surface area contributed by atoms with E-state index in [9.17, 15) is 4.79 Å². The van der Waals surface area contributed by atoms with Crippen LogP contribution in [0.15, 0.2) is 53.0 Å². The first-order valence-electron chi connectivity index (χ1n) is 7.75. The molecule has 3 rings (SSSR count). The summed E-state index contributed by atoms with van der Waals surface area (Å²) in [6, 6.07) is 15.4. The van der Waals surface area contributed by atoms with Gasteiger partial charge in [-0.3, -0.25) is 4.79 Å². The van der Waals surface area contributed by atoms with Crippen LogP contribution in [0.3, 0.4) is 0 Å². The first kappa shape index (κ1) is 18.1. The molecule has 0 aliphatic rings. The normalized spacial score (nSPS) is 10.7. The van der Waals surface area contributed by atoms with Crippen LogP contribution in [0.5, 0.6) is 0 Å². The fourth-order valence-corrected chi connectivity index (χ4v) is 3.96. The summed E-state index contributed by atoms with van der Waals surface area (Å²) >= 11 is 11.2. The highest BCUT2D eigenvalue weighted by molar-refractivity contribution is 9.10. The zero-order valence-electron chi connectivity index (χ0n) is 13.6. The molecule has 1 amide bonds. The van der Waals surface area contributed by atoms with Crippen LogP contribution in [-0.4, -0.2) is 10.9 Å². The number of halogens is 2. The van der Waals surface area contributed by atoms with Crippen molar-refractivity contribution in [1.82, 2.24) is 10.3 Å². The maximum atomic E-state index is 12.2. The molecule has 128 valence electrons. The Balaban J connectivity index is 1.64. The Morgan fingerprint density at radius 1 is 1.20 bits per heavy atom. The number of hydrogen-bond acceptors (Lipinski definition) is 3. The summed E-state index contributed by atoms with van der Waals surface area (Å²) in [5, 5.41) is 4.53. The van der Waals surface area contributed by atoms with Gasteiger partial charge in [0.05, 0.1) is 23.7 Å². The predicted octanol–water partition coefficient (Wildman–Crippen LogP) is 5.39. The van der Waals surface area contributed by atoms with Gasteiger partial charge in [-0.25, -0.2) is 4.98 Å². The van der Waals surface area contributed by atoms with Crippen LogP contribution in [0.1, 0.15) is 16.1 Å². The van der Waals surface area contributed by atoms with Gasteiger partial charge in [0.25, 0.3) is 0 Å². The van der Waals surface area contributed by atoms with E-state index in [0.717, 1.165) is 31.2 Å². The molecule has 1 heterocycles. The third-order valence-corrected chi connectivity index (χ3v) is 5.77. The molecule has 0 aliphatic carbocycles. The standard InChI is InChI=1S/C19H16BrClN2OS/c1-12-17(25-19(23-12)15-4-2-3-5-16(15)21)11-22-18(24)10-13-6-8-14(20)9-7-13/h2-9H,10-11H2,1H3,(H,22,24). The first-order chi connectivity index (χ1) is 12.0. The van der Waals surface area contributed by atoms with Gasteiger partial charge < -0.3 is 5.32 Å². The Hall–Kier alpha value is -1.69. The van der Waals surface area contributed by atoms with Gasteiger partial charge in [0.2, 0.25) is 5.91 Å². The highest BCUT2D eigenvalue weighted by Crippen LogP contribution is 2.32. The molecule has 1 aromatic heterocycles. The van der Waals surface area contributed by atoms with Crippen LogP contribution in [0.2, 0.25) is 5.02 Å². The molecular formula is C19H16BrClN2OS. The van der Waals surface area contributed by atoms with Crippen LogP contribution >= 0.6 is 38.9 Å². The minimum atomic E-state index is -0.00517. The molecule has 0 aliphatic heterocycles. The molecule has 0 spiro atoms. The van der Waals surface area contributed by atoms with E-state index in [2.05, 4.69) is 26.2 Å². The largest absolute Gasteiger partial charge is 0.351 e. The average Bonchev–Trinajstić information content (AvgIpc) is 2.96. The molecule has 0 saturated carbocycles. The van der Waals surface area contributed by atoms with Crippen molar-refractivity contribution in [2.45, 2.75) is 19.9 Å². The van der Waals surface area contributed by atoms with Gasteiger partial charge in [-0.05, 0) is 30.7 Å². The summed E-state index contributed by atoms with van der Waals surface area (Å²) < 4.78 is 1.00. The molecule has 6 heteroatoms. The van der Waals surface area contributed by atoms with E-state index in [1.54, 1.807) is 11.3 Å². The number of nitrogens with zero attached hydrogens (tertiary/aromatic N) is 1. The topological polar surface area (TPSA) is 42.0 Å². The lowest BCUT2D eigenvalue weighted by Crippen LogP contribution is -2.24. The van der Waals surface area contributed by atoms with E-state index in [1.807, 2.05) is 55.5 Å². The van der Waals surface area contributed by atoms with E-state index in [1.165, 1.54) is 0 Å². The molecule has 0 fully saturated rings. The summed E-state index contributed by atoms with van der Waals surface area (Å²) in [4.78, 5) is 17.8. The Labute approximate surface area is 164 Å². The van der Waals surface area contributed by atoms with Crippen molar-refractivity contribution in [3.8, 4) is 10.6 Å². The highest BCUT2D eigenvalue weighted by atomic mass is 79.9. The van der Waals surface area contributed by atoms with Crippen LogP contribution in [0, 0.1) is 6.92 Å². The molecule has 2 aromatic carbocycles. The lowest BCUT2D eigenvalue weighted by Gasteiger charge is -2.04. The number of benzene rings is 2. The fraction of sp³-hybridized carbons (Fsp3) is 0.158. The lowest BCUT2D eigenvalue weighted by molar-refractivity contribution is -0.120. The van der Waals surface area contributed by atoms with Gasteiger partial charge in [-0.2, -0.15) is 0 Å². The van der Waals surface area contributed by atoms with Gasteiger partial charge in [0, 0.05) is 14.9 Å². The third-order valence-electron chi connectivity index (χ3n) is 3.72. The summed E-state index contributed by atoms with van der Waals surface area (Å²) in [5.74, 6) is -0.00517. The molecule has 0 unspecified atom stereocenters. The first-order valence-corrected chi connectivity index (χ1v) is 9.74. The SMILES string of the molecule is Cc1nc(-c2ccccc2Cl)sc1CNC(=O)Cc1ccc(Br)cc1. The van der Waals surface area contributed by atoms with Crippen LogP contribution in [-0.2, 0) is 17.8 Å². The number of hydrogen-bond donors (Lipinski definition) is 1. The van der Waals surface area contributed by atoms with Crippen molar-refractivity contribution in [1.29, 1.82) is 0 Å². The highest BCUT2D eigenvalue weighted by Gasteiger charge is 2.12. The van der Waals surface area contributed by atoms with E-state index >= 15 is 0 Å². The number of nitrogens with one attached hydrogen (secondary N) is 1. The van der Waals surface area contributed by atoms with E-state index in [4.69, 9.17) is 11.6 Å². The quantitative estimate of drug-likeness (QED) is 0.583. The zero-order valence-corrected chi connectivity index (χ0v) is 16.7. The summed E-state index contributed by atoms with van der Waals surface area (Å²) in [5.41, 5.74) is 2.83. The van der Waals surface area contributed by atoms with Crippen molar-refractivity contribution in [3.05, 3.63) is 74.2 Å². The van der Waals surface area contributed by atoms with Gasteiger partial charge in [0.1, 0.15) is 5.01 Å². The minimum absolute atomic E-state index is 0.00517. The number of rotatable bonds is 5. The average molecular weight is 436 g/mol. The molecule has 0 bridgehead atoms. The van der Waals surface area contributed by atoms with E-state index < -0.39 is 0 Å². The Kier molecular flexibility index (Phi) is 5.89. The number of carbonyl (C=O) groups excluding carboxylic acids is 1. The molecule has 0 atom stereocenters. The van der Waals surface area contributed by atoms with E-state index in [-0.39, 0.29) is 5.91 Å². The monoisotopic (exact) mass is 434 g/mol. The molecule has 3 aromatic rings. The van der Waals surface area contributed by atoms with Crippen molar-refractivity contribution < 1.29 is 4.79 Å². The minimum Gasteiger partial charge on any atom is -0.351 e. The Morgan fingerprint density at radius 2 is 1.92 bits per heavy atom. The Morgan fingerprint density at radius 3 is 2.64 bits per heavy atom. The van der Waals surface area contributed by atoms with Crippen LogP contribution in [0.4, 0.5) is 0 Å². The maximum Gasteiger partial charge on any atom is 0.224 e. The number of carbonyl (C=O) groups is 1. The number of aryl methyl sites for hydroxylation is 1. The van der Waals surface area contributed by atoms with Crippen molar-refractivity contribution in [2.75, 3.05) is 0 Å². The number of thiazole rings is 1. The Bertz CT molecular complexity index is 893. The lowest BCUT2D eigenvalue weighted by atomic mass is 10.1. The maximum absolute atomic E-state index is 12.2. The zero-order chi connectivity index (χ0) is 17.8. The molecule has 0 saturated heterocycles. The van der Waals surface area contributed by atoms with Gasteiger partial charge in [0.15, 0.2) is 0 Å². The summed E-state index contributed by atoms with van der Waals surface area (Å²) in [7, 11) is 0. The second-order valence-corrected chi connectivity index (χ2v) is 7.99. The fourth-order valence-electron chi connectivity index (χ4n) is 2.37. The smallest absolute Gasteiger partial charge is 0.224 e.